The van der Waals surface area contributed by atoms with Crippen LogP contribution in [-0.4, -0.2) is 174 Å². The van der Waals surface area contributed by atoms with Gasteiger partial charge in [-0.25, -0.2) is 46.1 Å². The van der Waals surface area contributed by atoms with Crippen molar-refractivity contribution in [2.75, 3.05) is 62.7 Å². The number of methoxy groups -OCH3 is 2. The number of hydrogen-bond acceptors (Lipinski definition) is 17. The summed E-state index contributed by atoms with van der Waals surface area (Å²) in [7, 11) is 7.49. The van der Waals surface area contributed by atoms with Crippen LogP contribution in [0.5, 0.6) is 0 Å². The normalized spacial score (nSPS) is 15.6. The van der Waals surface area contributed by atoms with Crippen molar-refractivity contribution in [2.45, 2.75) is 158 Å². The Hall–Kier alpha value is -14.9. The van der Waals surface area contributed by atoms with Crippen LogP contribution >= 0.6 is 0 Å². The van der Waals surface area contributed by atoms with Gasteiger partial charge in [0, 0.05) is 166 Å². The highest BCUT2D eigenvalue weighted by atomic mass is 19.4. The van der Waals surface area contributed by atoms with E-state index in [9.17, 15) is 126 Å². The maximum Gasteiger partial charge on any atom is 0.417 e. The van der Waals surface area contributed by atoms with Crippen molar-refractivity contribution < 1.29 is 144 Å². The average Bonchev–Trinajstić information content (AvgIpc) is 1.63. The first-order chi connectivity index (χ1) is 68.8. The minimum absolute atomic E-state index is 0.0142. The summed E-state index contributed by atoms with van der Waals surface area (Å²) in [5.41, 5.74) is -12.1. The minimum Gasteiger partial charge on any atom is -0.500 e. The van der Waals surface area contributed by atoms with E-state index in [1.165, 1.54) is 147 Å². The summed E-state index contributed by atoms with van der Waals surface area (Å²) in [6.07, 6.45) is -21.0. The van der Waals surface area contributed by atoms with E-state index in [-0.39, 0.29) is 119 Å². The van der Waals surface area contributed by atoms with Crippen LogP contribution in [0.4, 0.5) is 122 Å². The molecule has 786 valence electrons. The van der Waals surface area contributed by atoms with Crippen molar-refractivity contribution in [1.82, 2.24) is 63.1 Å². The lowest BCUT2D eigenvalue weighted by Gasteiger charge is -2.38. The van der Waals surface area contributed by atoms with E-state index in [4.69, 9.17) is 14.2 Å². The molecule has 51 heteroatoms. The molecule has 0 bridgehead atoms. The largest absolute Gasteiger partial charge is 0.500 e. The fraction of sp³-hybridized carbons (Fsp3) is 0.365. The van der Waals surface area contributed by atoms with Gasteiger partial charge in [0.2, 0.25) is 5.91 Å². The monoisotopic (exact) mass is 2100 g/mol. The Balaban J connectivity index is 0.000000184. The molecule has 5 N–H and O–H groups in total. The Morgan fingerprint density at radius 1 is 0.490 bits per heavy atom. The fourth-order valence-corrected chi connectivity index (χ4v) is 17.9. The van der Waals surface area contributed by atoms with Crippen molar-refractivity contribution in [3.63, 3.8) is 0 Å². The number of ether oxygens (including phenoxy) is 3. The molecule has 0 spiro atoms. The Labute approximate surface area is 816 Å². The number of halogens is 24. The SMILES string of the molecule is C=C(OC)[C@H](Cc1ccc(-c2c(C(F)(F)F)cc(C)n(C)c2=O)c2nccn12)NC(=O)c1c(F)cc(N2CCCC[C@@H]2C(F)(F)F)cc1F.CC[C@@H](Nc1cc(F)c(C(=O)N[C@@H](Cc2ccc(-c3c(C(F)(F)F)c4c(n(C)c3=O)CCC4)c3nccn23)C(=O)OC)c(F)c1)C(F)(F)F.CNC(=O)[C@H](Cc1ccc(-c2c(C(F)(F)F)cc(C)n(C)c2=O)c2nccn12)NC(=O)c1c(F)cc(N2CCOC[C@@H]2C(F)(F)F)cc1F. The number of fused-ring (bicyclic) bond motifs is 4. The number of piperidine rings is 1. The minimum atomic E-state index is -4.89. The molecule has 0 saturated carbocycles. The second-order valence-electron chi connectivity index (χ2n) is 34.4. The number of hydrogen-bond donors (Lipinski definition) is 5. The third-order valence-electron chi connectivity index (χ3n) is 25.4. The summed E-state index contributed by atoms with van der Waals surface area (Å²) in [5, 5.41) is 11.1. The van der Waals surface area contributed by atoms with Crippen LogP contribution in [0, 0.1) is 48.8 Å². The molecule has 9 aromatic heterocycles. The number of benzene rings is 3. The zero-order valence-corrected chi connectivity index (χ0v) is 78.6. The van der Waals surface area contributed by atoms with Crippen LogP contribution in [0.3, 0.4) is 0 Å². The molecule has 3 aliphatic rings. The number of carbonyl (C=O) groups excluding carboxylic acids is 5. The second-order valence-corrected chi connectivity index (χ2v) is 34.4. The predicted molar refractivity (Wildman–Crippen MR) is 483 cm³/mol. The molecule has 147 heavy (non-hydrogen) atoms. The molecule has 2 saturated heterocycles. The summed E-state index contributed by atoms with van der Waals surface area (Å²) in [4.78, 5) is 119. The van der Waals surface area contributed by atoms with Gasteiger partial charge in [0.05, 0.1) is 66.9 Å². The van der Waals surface area contributed by atoms with Crippen LogP contribution in [0.1, 0.15) is 127 Å². The molecule has 15 rings (SSSR count). The lowest BCUT2D eigenvalue weighted by molar-refractivity contribution is -0.167. The molecule has 12 aromatic rings. The number of amides is 4. The molecule has 2 aliphatic heterocycles. The maximum absolute atomic E-state index is 15.3. The molecular weight excluding hydrogens is 2010 g/mol. The summed E-state index contributed by atoms with van der Waals surface area (Å²) >= 11 is 0. The number of imidazole rings is 3. The maximum atomic E-state index is 15.3. The molecular formula is C96H88F24N16O11. The van der Waals surface area contributed by atoms with Gasteiger partial charge in [-0.2, -0.15) is 79.0 Å². The first-order valence-corrected chi connectivity index (χ1v) is 44.6. The van der Waals surface area contributed by atoms with Crippen LogP contribution in [0.2, 0.25) is 0 Å². The Bertz CT molecular complexity index is 6970. The summed E-state index contributed by atoms with van der Waals surface area (Å²) in [6.45, 7) is 6.36. The van der Waals surface area contributed by atoms with Gasteiger partial charge in [-0.15, -0.1) is 0 Å². The van der Waals surface area contributed by atoms with E-state index in [1.807, 2.05) is 5.32 Å². The molecule has 1 aliphatic carbocycles. The first-order valence-electron chi connectivity index (χ1n) is 44.6. The van der Waals surface area contributed by atoms with Crippen molar-refractivity contribution >= 4 is 63.6 Å². The summed E-state index contributed by atoms with van der Waals surface area (Å²) in [6, 6.07) is 2.44. The number of likely N-dealkylation sites (N-methyl/N-ethyl adjacent to an activating group) is 1. The molecule has 4 amide bonds. The fourth-order valence-electron chi connectivity index (χ4n) is 17.9. The van der Waals surface area contributed by atoms with Crippen molar-refractivity contribution in [3.8, 4) is 33.4 Å². The predicted octanol–water partition coefficient (Wildman–Crippen LogP) is 16.6. The highest BCUT2D eigenvalue weighted by Gasteiger charge is 2.50. The number of alkyl halides is 18. The van der Waals surface area contributed by atoms with E-state index in [2.05, 4.69) is 42.8 Å². The van der Waals surface area contributed by atoms with Crippen LogP contribution in [-0.2, 0) is 95.6 Å². The van der Waals surface area contributed by atoms with Gasteiger partial charge in [-0.1, -0.05) is 13.5 Å². The average molecular weight is 2100 g/mol. The second kappa shape index (κ2) is 42.7. The summed E-state index contributed by atoms with van der Waals surface area (Å²) in [5.74, 6) is -14.8. The highest BCUT2D eigenvalue weighted by Crippen LogP contribution is 2.46. The number of nitrogens with zero attached hydrogens (tertiary/aromatic N) is 11. The van der Waals surface area contributed by atoms with Crippen molar-refractivity contribution in [3.05, 3.63) is 274 Å². The number of rotatable bonds is 24. The van der Waals surface area contributed by atoms with E-state index >= 15 is 17.6 Å². The number of morpholine rings is 1. The number of carbonyl (C=O) groups is 5. The smallest absolute Gasteiger partial charge is 0.417 e. The van der Waals surface area contributed by atoms with Gasteiger partial charge in [0.25, 0.3) is 34.4 Å². The van der Waals surface area contributed by atoms with Gasteiger partial charge in [0.15, 0.2) is 0 Å². The van der Waals surface area contributed by atoms with E-state index < -0.39 is 235 Å². The number of anilines is 3. The number of aromatic nitrogens is 9. The molecule has 3 aromatic carbocycles. The highest BCUT2D eigenvalue weighted by molar-refractivity contribution is 6.00. The third-order valence-corrected chi connectivity index (χ3v) is 25.4. The first kappa shape index (κ1) is 109. The molecule has 2 fully saturated rings. The lowest BCUT2D eigenvalue weighted by atomic mass is 9.95. The topological polar surface area (TPSA) is 298 Å². The molecule has 6 atom stereocenters. The number of pyridine rings is 6. The van der Waals surface area contributed by atoms with E-state index in [0.717, 1.165) is 38.2 Å². The molecule has 0 unspecified atom stereocenters. The Kier molecular flexibility index (Phi) is 31.8. The van der Waals surface area contributed by atoms with Gasteiger partial charge in [-0.3, -0.25) is 33.6 Å². The molecule has 0 radical (unpaired) electrons. The molecule has 11 heterocycles. The van der Waals surface area contributed by atoms with Gasteiger partial charge >= 0.3 is 43.0 Å². The molecule has 27 nitrogen and oxygen atoms in total. The number of esters is 1. The third kappa shape index (κ3) is 22.7. The van der Waals surface area contributed by atoms with E-state index in [0.29, 0.717) is 73.5 Å². The Morgan fingerprint density at radius 2 is 0.891 bits per heavy atom. The van der Waals surface area contributed by atoms with Crippen LogP contribution < -0.4 is 53.1 Å². The zero-order valence-electron chi connectivity index (χ0n) is 78.6. The Morgan fingerprint density at radius 3 is 1.29 bits per heavy atom. The van der Waals surface area contributed by atoms with Gasteiger partial charge in [-0.05, 0) is 149 Å². The van der Waals surface area contributed by atoms with Gasteiger partial charge in [0.1, 0.15) is 105 Å². The zero-order chi connectivity index (χ0) is 108. The van der Waals surface area contributed by atoms with Crippen LogP contribution in [0.25, 0.3) is 50.3 Å². The van der Waals surface area contributed by atoms with Crippen LogP contribution in [0.15, 0.2) is 149 Å². The van der Waals surface area contributed by atoms with Crippen molar-refractivity contribution in [2.24, 2.45) is 21.1 Å². The van der Waals surface area contributed by atoms with Crippen molar-refractivity contribution in [1.29, 1.82) is 0 Å². The van der Waals surface area contributed by atoms with E-state index in [1.54, 1.807) is 0 Å². The number of nitrogens with one attached hydrogen (secondary N) is 5. The quantitative estimate of drug-likeness (QED) is 0.0213. The summed E-state index contributed by atoms with van der Waals surface area (Å²) < 4.78 is 362. The standard InChI is InChI=1S/C33H31F8N5O3.C32H29F8N5O4.C31H28F8N6O4/c1-17-13-22(32(36,37)38)27(31(48)44(17)3)21-9-8-19(46-12-10-42-29(21)46)16-25(18(2)49-4)43-30(47)28-23(34)14-20(15-24(28)35)45-11-6-5-7-26(45)33(39,40)41;1-4-23(31(35,36)37)42-15-12-19(33)25(20(34)13-15)28(46)43-21(30(48)49-3)14-16-8-9-18(27-41-10-11-45(16)27)24-26(32(38,39)40)17-6-5-7-22(17)44(2)29(24)47;1-15-10-19(30(34,35)36)24(29(48)43(15)3)18-5-4-16(45-7-6-41-26(18)45)13-22(27(46)40-2)42-28(47)25-20(32)11-17(12-21(25)33)44-8-9-49-14-23(44)31(37,38)39/h8-10,12-15,25-26H,2,5-7,11,16H2,1,3-4H3,(H,43,47);8-13,21,23,42H,4-7,14H2,1-3H3,(H,43,46);4-7,10-12,22-23H,8-9,13-14H2,1-3H3,(H,40,46)(H,42,47)/t25-,26+;21-,23+;22-,23+/m000/s1. The van der Waals surface area contributed by atoms with Gasteiger partial charge < -0.3 is 77.5 Å². The lowest BCUT2D eigenvalue weighted by Crippen LogP contribution is -2.53. The number of aryl methyl sites for hydroxylation is 2.